The molecule has 0 atom stereocenters. The van der Waals surface area contributed by atoms with Gasteiger partial charge in [-0.2, -0.15) is 10.2 Å². The second-order valence-corrected chi connectivity index (χ2v) is 8.56. The maximum atomic E-state index is 12.6. The van der Waals surface area contributed by atoms with Crippen LogP contribution in [0.4, 0.5) is 0 Å². The first-order chi connectivity index (χ1) is 13.9. The molecule has 3 aromatic heterocycles. The van der Waals surface area contributed by atoms with Gasteiger partial charge >= 0.3 is 0 Å². The Labute approximate surface area is 181 Å². The van der Waals surface area contributed by atoms with Crippen molar-refractivity contribution in [2.45, 2.75) is 19.9 Å². The normalized spacial score (nSPS) is 11.3. The molecule has 0 aliphatic carbocycles. The molecule has 1 aromatic carbocycles. The number of hydrogen-bond donors (Lipinski definition) is 2. The molecular formula is C19H19ClN6OS2. The number of benzene rings is 1. The highest BCUT2D eigenvalue weighted by Crippen LogP contribution is 2.29. The summed E-state index contributed by atoms with van der Waals surface area (Å²) in [4.78, 5) is 14.3. The van der Waals surface area contributed by atoms with Crippen molar-refractivity contribution in [3.05, 3.63) is 62.1 Å². The number of nitrogens with zero attached hydrogens (tertiary/aromatic N) is 4. The molecule has 10 heteroatoms. The van der Waals surface area contributed by atoms with Crippen molar-refractivity contribution in [1.82, 2.24) is 29.9 Å². The predicted octanol–water partition coefficient (Wildman–Crippen LogP) is 3.87. The summed E-state index contributed by atoms with van der Waals surface area (Å²) in [7, 11) is 1.85. The summed E-state index contributed by atoms with van der Waals surface area (Å²) >= 11 is 12.5. The molecule has 0 fully saturated rings. The first kappa shape index (κ1) is 19.8. The quantitative estimate of drug-likeness (QED) is 0.440. The predicted molar refractivity (Wildman–Crippen MR) is 117 cm³/mol. The summed E-state index contributed by atoms with van der Waals surface area (Å²) in [6.07, 6.45) is 0.601. The third-order valence-electron chi connectivity index (χ3n) is 4.68. The highest BCUT2D eigenvalue weighted by molar-refractivity contribution is 7.71. The number of amides is 1. The number of carbonyl (C=O) groups excluding carboxylic acids is 1. The van der Waals surface area contributed by atoms with Crippen LogP contribution >= 0.6 is 35.2 Å². The van der Waals surface area contributed by atoms with Crippen molar-refractivity contribution in [3.63, 3.8) is 0 Å². The highest BCUT2D eigenvalue weighted by Gasteiger charge is 2.16. The Morgan fingerprint density at radius 1 is 1.34 bits per heavy atom. The van der Waals surface area contributed by atoms with E-state index >= 15 is 0 Å². The number of aromatic amines is 1. The van der Waals surface area contributed by atoms with Crippen LogP contribution < -0.4 is 5.32 Å². The zero-order valence-corrected chi connectivity index (χ0v) is 18.3. The van der Waals surface area contributed by atoms with Crippen LogP contribution in [0, 0.1) is 11.7 Å². The first-order valence-corrected chi connectivity index (χ1v) is 10.6. The molecular weight excluding hydrogens is 428 g/mol. The summed E-state index contributed by atoms with van der Waals surface area (Å²) in [5, 5.41) is 16.2. The first-order valence-electron chi connectivity index (χ1n) is 9.02. The lowest BCUT2D eigenvalue weighted by atomic mass is 10.2. The fourth-order valence-electron chi connectivity index (χ4n) is 3.07. The van der Waals surface area contributed by atoms with Crippen molar-refractivity contribution in [2.24, 2.45) is 7.05 Å². The minimum Gasteiger partial charge on any atom is -0.351 e. The monoisotopic (exact) mass is 446 g/mol. The fourth-order valence-corrected chi connectivity index (χ4v) is 4.43. The maximum absolute atomic E-state index is 12.6. The maximum Gasteiger partial charge on any atom is 0.261 e. The Morgan fingerprint density at radius 3 is 2.79 bits per heavy atom. The van der Waals surface area contributed by atoms with E-state index in [0.717, 1.165) is 27.3 Å². The van der Waals surface area contributed by atoms with Crippen LogP contribution in [-0.4, -0.2) is 37.0 Å². The molecule has 1 amide bonds. The van der Waals surface area contributed by atoms with E-state index in [1.807, 2.05) is 49.0 Å². The smallest absolute Gasteiger partial charge is 0.261 e. The van der Waals surface area contributed by atoms with Crippen LogP contribution in [0.15, 0.2) is 30.3 Å². The number of hydrogen-bond acceptors (Lipinski definition) is 5. The molecule has 0 bridgehead atoms. The molecule has 2 N–H and O–H groups in total. The van der Waals surface area contributed by atoms with Crippen LogP contribution in [0.1, 0.15) is 26.8 Å². The summed E-state index contributed by atoms with van der Waals surface area (Å²) in [5.41, 5.74) is 2.01. The van der Waals surface area contributed by atoms with E-state index in [4.69, 9.17) is 23.8 Å². The van der Waals surface area contributed by atoms with Crippen molar-refractivity contribution in [2.75, 3.05) is 6.54 Å². The van der Waals surface area contributed by atoms with Gasteiger partial charge in [0.25, 0.3) is 5.91 Å². The number of aryl methyl sites for hydroxylation is 1. The molecule has 0 aliphatic heterocycles. The van der Waals surface area contributed by atoms with Crippen LogP contribution in [0.2, 0.25) is 5.02 Å². The second kappa shape index (κ2) is 8.10. The Balaban J connectivity index is 1.48. The lowest BCUT2D eigenvalue weighted by Gasteiger charge is -2.04. The van der Waals surface area contributed by atoms with E-state index in [-0.39, 0.29) is 5.91 Å². The number of rotatable bonds is 6. The molecule has 29 heavy (non-hydrogen) atoms. The van der Waals surface area contributed by atoms with Gasteiger partial charge in [0.1, 0.15) is 10.7 Å². The number of thiophene rings is 1. The van der Waals surface area contributed by atoms with Crippen LogP contribution in [0.5, 0.6) is 0 Å². The van der Waals surface area contributed by atoms with Crippen molar-refractivity contribution in [1.29, 1.82) is 0 Å². The van der Waals surface area contributed by atoms with Gasteiger partial charge in [-0.05, 0) is 42.9 Å². The molecule has 0 saturated carbocycles. The number of carbonyl (C=O) groups is 1. The van der Waals surface area contributed by atoms with Gasteiger partial charge in [0.05, 0.1) is 17.1 Å². The summed E-state index contributed by atoms with van der Waals surface area (Å²) in [6.45, 7) is 3.07. The Hall–Kier alpha value is -2.49. The standard InChI is InChI=1S/C19H19ClN6OS2/c1-11-14-9-15(17(27)21-8-7-16-22-23-19(28)25(16)2)29-18(14)26(24-11)10-12-3-5-13(20)6-4-12/h3-6,9H,7-8,10H2,1-2H3,(H,21,27)(H,23,28). The van der Waals surface area contributed by atoms with Gasteiger partial charge in [-0.15, -0.1) is 11.3 Å². The molecule has 7 nitrogen and oxygen atoms in total. The van der Waals surface area contributed by atoms with Gasteiger partial charge < -0.3 is 9.88 Å². The molecule has 0 radical (unpaired) electrons. The van der Waals surface area contributed by atoms with E-state index in [9.17, 15) is 4.79 Å². The van der Waals surface area contributed by atoms with Gasteiger partial charge in [-0.25, -0.2) is 0 Å². The topological polar surface area (TPSA) is 80.5 Å². The Kier molecular flexibility index (Phi) is 5.53. The second-order valence-electron chi connectivity index (χ2n) is 6.71. The van der Waals surface area contributed by atoms with Crippen LogP contribution in [0.3, 0.4) is 0 Å². The zero-order valence-electron chi connectivity index (χ0n) is 15.9. The molecule has 0 aliphatic rings. The van der Waals surface area contributed by atoms with Crippen LogP contribution in [0.25, 0.3) is 10.2 Å². The number of fused-ring (bicyclic) bond motifs is 1. The van der Waals surface area contributed by atoms with Crippen molar-refractivity contribution >= 4 is 51.3 Å². The van der Waals surface area contributed by atoms with Crippen LogP contribution in [-0.2, 0) is 20.0 Å². The summed E-state index contributed by atoms with van der Waals surface area (Å²) < 4.78 is 4.30. The minimum absolute atomic E-state index is 0.0968. The number of halogens is 1. The fraction of sp³-hybridized carbons (Fsp3) is 0.263. The van der Waals surface area contributed by atoms with Crippen molar-refractivity contribution < 1.29 is 4.79 Å². The van der Waals surface area contributed by atoms with E-state index in [1.54, 1.807) is 4.57 Å². The van der Waals surface area contributed by atoms with E-state index in [1.165, 1.54) is 11.3 Å². The van der Waals surface area contributed by atoms with E-state index < -0.39 is 0 Å². The lowest BCUT2D eigenvalue weighted by Crippen LogP contribution is -2.25. The third kappa shape index (κ3) is 4.12. The molecule has 3 heterocycles. The Morgan fingerprint density at radius 2 is 2.10 bits per heavy atom. The Bertz CT molecular complexity index is 1230. The molecule has 4 rings (SSSR count). The molecule has 0 spiro atoms. The molecule has 150 valence electrons. The van der Waals surface area contributed by atoms with E-state index in [2.05, 4.69) is 20.6 Å². The molecule has 4 aromatic rings. The minimum atomic E-state index is -0.0968. The summed E-state index contributed by atoms with van der Waals surface area (Å²) in [6, 6.07) is 9.61. The average Bonchev–Trinajstić information content (AvgIpc) is 3.35. The largest absolute Gasteiger partial charge is 0.351 e. The summed E-state index contributed by atoms with van der Waals surface area (Å²) in [5.74, 6) is 0.710. The van der Waals surface area contributed by atoms with Gasteiger partial charge in [0, 0.05) is 30.4 Å². The van der Waals surface area contributed by atoms with Gasteiger partial charge in [0.2, 0.25) is 0 Å². The van der Waals surface area contributed by atoms with Gasteiger partial charge in [-0.3, -0.25) is 14.6 Å². The number of aromatic nitrogens is 5. The average molecular weight is 447 g/mol. The van der Waals surface area contributed by atoms with Gasteiger partial charge in [0.15, 0.2) is 4.77 Å². The van der Waals surface area contributed by atoms with Crippen molar-refractivity contribution in [3.8, 4) is 0 Å². The third-order valence-corrected chi connectivity index (χ3v) is 6.45. The number of nitrogens with one attached hydrogen (secondary N) is 2. The molecule has 0 unspecified atom stereocenters. The molecule has 0 saturated heterocycles. The lowest BCUT2D eigenvalue weighted by molar-refractivity contribution is 0.0958. The SMILES string of the molecule is Cc1nn(Cc2ccc(Cl)cc2)c2sc(C(=O)NCCc3n[nH]c(=S)n3C)cc12. The number of H-pyrrole nitrogens is 1. The zero-order chi connectivity index (χ0) is 20.5. The van der Waals surface area contributed by atoms with Gasteiger partial charge in [-0.1, -0.05) is 23.7 Å². The van der Waals surface area contributed by atoms with E-state index in [0.29, 0.717) is 34.2 Å². The highest BCUT2D eigenvalue weighted by atomic mass is 35.5.